The minimum Gasteiger partial charge on any atom is -0.444 e. The minimum absolute atomic E-state index is 0.0963. The van der Waals surface area contributed by atoms with Crippen molar-refractivity contribution in [2.45, 2.75) is 118 Å². The predicted molar refractivity (Wildman–Crippen MR) is 145 cm³/mol. The van der Waals surface area contributed by atoms with Crippen molar-refractivity contribution in [3.05, 3.63) is 34.9 Å². The zero-order valence-electron chi connectivity index (χ0n) is 23.9. The van der Waals surface area contributed by atoms with Crippen molar-refractivity contribution in [3.63, 3.8) is 0 Å². The average molecular weight is 519 g/mol. The van der Waals surface area contributed by atoms with Crippen LogP contribution in [0.2, 0.25) is 0 Å². The molecule has 0 aromatic heterocycles. The lowest BCUT2D eigenvalue weighted by Gasteiger charge is -2.39. The van der Waals surface area contributed by atoms with Crippen LogP contribution >= 0.6 is 0 Å². The van der Waals surface area contributed by atoms with Gasteiger partial charge in [0.05, 0.1) is 6.42 Å². The second-order valence-electron chi connectivity index (χ2n) is 10.8. The maximum Gasteiger partial charge on any atom is 0.408 e. The average Bonchev–Trinajstić information content (AvgIpc) is 2.75. The Morgan fingerprint density at radius 3 is 2.16 bits per heavy atom. The number of carbonyl (C=O) groups is 4. The number of nitrogens with zero attached hydrogens (tertiary/aromatic N) is 1. The normalized spacial score (nSPS) is 14.6. The van der Waals surface area contributed by atoms with Crippen molar-refractivity contribution < 1.29 is 23.9 Å². The Balaban J connectivity index is 3.62. The summed E-state index contributed by atoms with van der Waals surface area (Å²) in [6.45, 7) is 16.7. The fraction of sp³-hybridized carbons (Fsp3) is 0.643. The zero-order valence-corrected chi connectivity index (χ0v) is 23.9. The van der Waals surface area contributed by atoms with E-state index in [0.29, 0.717) is 12.0 Å². The van der Waals surface area contributed by atoms with Crippen LogP contribution < -0.4 is 16.4 Å². The number of carbonyl (C=O) groups excluding carboxylic acids is 4. The molecule has 4 atom stereocenters. The van der Waals surface area contributed by atoms with Crippen LogP contribution in [0.3, 0.4) is 0 Å². The highest BCUT2D eigenvalue weighted by atomic mass is 16.6. The number of hydrogen-bond acceptors (Lipinski definition) is 5. The molecule has 4 N–H and O–H groups in total. The number of aryl methyl sites for hydroxylation is 2. The van der Waals surface area contributed by atoms with Gasteiger partial charge in [0.2, 0.25) is 17.7 Å². The van der Waals surface area contributed by atoms with Crippen LogP contribution in [0, 0.1) is 13.8 Å². The van der Waals surface area contributed by atoms with Gasteiger partial charge in [0.1, 0.15) is 17.7 Å². The highest BCUT2D eigenvalue weighted by Crippen LogP contribution is 2.29. The van der Waals surface area contributed by atoms with E-state index in [1.165, 1.54) is 4.90 Å². The third-order valence-corrected chi connectivity index (χ3v) is 6.07. The second-order valence-corrected chi connectivity index (χ2v) is 10.8. The quantitative estimate of drug-likeness (QED) is 0.384. The Morgan fingerprint density at radius 2 is 1.68 bits per heavy atom. The molecule has 4 amide bonds. The Bertz CT molecular complexity index is 956. The number of primary amides is 1. The summed E-state index contributed by atoms with van der Waals surface area (Å²) in [5.41, 5.74) is 7.20. The van der Waals surface area contributed by atoms with E-state index in [2.05, 4.69) is 10.6 Å². The smallest absolute Gasteiger partial charge is 0.408 e. The van der Waals surface area contributed by atoms with Gasteiger partial charge in [0.25, 0.3) is 0 Å². The summed E-state index contributed by atoms with van der Waals surface area (Å²) < 4.78 is 5.32. The van der Waals surface area contributed by atoms with Crippen LogP contribution in [0.15, 0.2) is 18.2 Å². The molecule has 9 heteroatoms. The summed E-state index contributed by atoms with van der Waals surface area (Å²) in [6.07, 6.45) is 0.941. The molecule has 0 heterocycles. The van der Waals surface area contributed by atoms with Gasteiger partial charge in [-0.05, 0) is 72.4 Å². The SMILES string of the molecule is CCCC(C)NC(=O)C(c1ccc(C)cc1C)N(C(=O)C(CC(N)=O)NC(=O)OC(C)(C)C)C(C)CC. The molecule has 37 heavy (non-hydrogen) atoms. The van der Waals surface area contributed by atoms with Gasteiger partial charge in [0, 0.05) is 12.1 Å². The molecule has 0 radical (unpaired) electrons. The van der Waals surface area contributed by atoms with Gasteiger partial charge in [-0.15, -0.1) is 0 Å². The molecule has 0 aliphatic heterocycles. The van der Waals surface area contributed by atoms with Crippen molar-refractivity contribution in [2.24, 2.45) is 5.73 Å². The number of rotatable bonds is 12. The third-order valence-electron chi connectivity index (χ3n) is 6.07. The summed E-state index contributed by atoms with van der Waals surface area (Å²) in [6, 6.07) is 2.96. The molecule has 208 valence electrons. The zero-order chi connectivity index (χ0) is 28.5. The number of benzene rings is 1. The maximum atomic E-state index is 14.1. The van der Waals surface area contributed by atoms with Crippen molar-refractivity contribution >= 4 is 23.8 Å². The molecule has 0 bridgehead atoms. The van der Waals surface area contributed by atoms with Crippen molar-refractivity contribution in [2.75, 3.05) is 0 Å². The highest BCUT2D eigenvalue weighted by molar-refractivity contribution is 5.95. The topological polar surface area (TPSA) is 131 Å². The monoisotopic (exact) mass is 518 g/mol. The first-order chi connectivity index (χ1) is 17.1. The first-order valence-corrected chi connectivity index (χ1v) is 13.1. The van der Waals surface area contributed by atoms with E-state index in [9.17, 15) is 19.2 Å². The van der Waals surface area contributed by atoms with E-state index in [0.717, 1.165) is 24.0 Å². The van der Waals surface area contributed by atoms with Gasteiger partial charge in [-0.2, -0.15) is 0 Å². The maximum absolute atomic E-state index is 14.1. The number of nitrogens with two attached hydrogens (primary N) is 1. The van der Waals surface area contributed by atoms with E-state index in [1.807, 2.05) is 59.7 Å². The lowest BCUT2D eigenvalue weighted by molar-refractivity contribution is -0.146. The van der Waals surface area contributed by atoms with Crippen molar-refractivity contribution in [3.8, 4) is 0 Å². The number of alkyl carbamates (subject to hydrolysis) is 1. The van der Waals surface area contributed by atoms with Gasteiger partial charge >= 0.3 is 6.09 Å². The Morgan fingerprint density at radius 1 is 1.05 bits per heavy atom. The highest BCUT2D eigenvalue weighted by Gasteiger charge is 2.39. The predicted octanol–water partition coefficient (Wildman–Crippen LogP) is 4.05. The number of amides is 4. The van der Waals surface area contributed by atoms with Crippen molar-refractivity contribution in [1.29, 1.82) is 0 Å². The standard InChI is InChI=1S/C28H46N4O5/c1-10-12-19(5)30-25(34)24(21-14-13-17(3)15-18(21)4)32(20(6)11-2)26(35)22(16-23(29)33)31-27(36)37-28(7,8)9/h13-15,19-20,22,24H,10-12,16H2,1-9H3,(H2,29,33)(H,30,34)(H,31,36). The number of hydrogen-bond donors (Lipinski definition) is 3. The van der Waals surface area contributed by atoms with Gasteiger partial charge in [0.15, 0.2) is 0 Å². The second kappa shape index (κ2) is 14.0. The van der Waals surface area contributed by atoms with Crippen LogP contribution in [-0.4, -0.2) is 52.4 Å². The van der Waals surface area contributed by atoms with Crippen LogP contribution in [0.25, 0.3) is 0 Å². The molecule has 9 nitrogen and oxygen atoms in total. The van der Waals surface area contributed by atoms with E-state index in [1.54, 1.807) is 20.8 Å². The third kappa shape index (κ3) is 10.1. The summed E-state index contributed by atoms with van der Waals surface area (Å²) >= 11 is 0. The number of nitrogens with one attached hydrogen (secondary N) is 2. The fourth-order valence-electron chi connectivity index (χ4n) is 4.20. The molecule has 0 fully saturated rings. The summed E-state index contributed by atoms with van der Waals surface area (Å²) in [5.74, 6) is -1.67. The largest absolute Gasteiger partial charge is 0.444 e. The number of ether oxygens (including phenoxy) is 1. The molecule has 1 aromatic rings. The van der Waals surface area contributed by atoms with E-state index < -0.39 is 42.0 Å². The molecule has 0 spiro atoms. The Hall–Kier alpha value is -3.10. The molecule has 1 aromatic carbocycles. The summed E-state index contributed by atoms with van der Waals surface area (Å²) in [7, 11) is 0. The lowest BCUT2D eigenvalue weighted by atomic mass is 9.94. The van der Waals surface area contributed by atoms with E-state index in [4.69, 9.17) is 10.5 Å². The molecule has 0 aliphatic carbocycles. The first kappa shape index (κ1) is 31.9. The van der Waals surface area contributed by atoms with Crippen LogP contribution in [-0.2, 0) is 19.1 Å². The minimum atomic E-state index is -1.30. The van der Waals surface area contributed by atoms with Crippen LogP contribution in [0.5, 0.6) is 0 Å². The molecule has 0 saturated carbocycles. The van der Waals surface area contributed by atoms with Gasteiger partial charge in [-0.1, -0.05) is 44.0 Å². The summed E-state index contributed by atoms with van der Waals surface area (Å²) in [4.78, 5) is 53.8. The van der Waals surface area contributed by atoms with Gasteiger partial charge in [-0.25, -0.2) is 4.79 Å². The Labute approximate surface area is 221 Å². The fourth-order valence-corrected chi connectivity index (χ4v) is 4.20. The molecule has 4 unspecified atom stereocenters. The molecular formula is C28H46N4O5. The van der Waals surface area contributed by atoms with Gasteiger partial charge in [-0.3, -0.25) is 14.4 Å². The molecule has 1 rings (SSSR count). The van der Waals surface area contributed by atoms with Crippen molar-refractivity contribution in [1.82, 2.24) is 15.5 Å². The summed E-state index contributed by atoms with van der Waals surface area (Å²) in [5, 5.41) is 5.56. The van der Waals surface area contributed by atoms with Crippen LogP contribution in [0.1, 0.15) is 96.9 Å². The first-order valence-electron chi connectivity index (χ1n) is 13.1. The van der Waals surface area contributed by atoms with Crippen LogP contribution in [0.4, 0.5) is 4.79 Å². The van der Waals surface area contributed by atoms with E-state index in [-0.39, 0.29) is 18.0 Å². The molecular weight excluding hydrogens is 472 g/mol. The van der Waals surface area contributed by atoms with E-state index >= 15 is 0 Å². The Kier molecular flexibility index (Phi) is 12.1. The molecule has 0 saturated heterocycles. The van der Waals surface area contributed by atoms with Gasteiger partial charge < -0.3 is 26.0 Å². The molecule has 0 aliphatic rings. The lowest BCUT2D eigenvalue weighted by Crippen LogP contribution is -2.56.